The Morgan fingerprint density at radius 1 is 1.04 bits per heavy atom. The predicted octanol–water partition coefficient (Wildman–Crippen LogP) is 4.73. The molecule has 3 nitrogen and oxygen atoms in total. The Labute approximate surface area is 149 Å². The maximum absolute atomic E-state index is 14.0. The highest BCUT2D eigenvalue weighted by molar-refractivity contribution is 5.79. The van der Waals surface area contributed by atoms with Crippen LogP contribution in [0.5, 0.6) is 0 Å². The van der Waals surface area contributed by atoms with E-state index >= 15 is 0 Å². The number of aliphatic imine (C=N–C) groups is 1. The van der Waals surface area contributed by atoms with E-state index in [0.29, 0.717) is 11.3 Å². The van der Waals surface area contributed by atoms with E-state index in [9.17, 15) is 22.7 Å². The fourth-order valence-corrected chi connectivity index (χ4v) is 2.55. The summed E-state index contributed by atoms with van der Waals surface area (Å²) in [6.45, 7) is 5.37. The van der Waals surface area contributed by atoms with Gasteiger partial charge in [0.1, 0.15) is 11.5 Å². The van der Waals surface area contributed by atoms with Crippen molar-refractivity contribution in [3.05, 3.63) is 53.5 Å². The molecule has 0 amide bonds. The van der Waals surface area contributed by atoms with Crippen LogP contribution in [-0.4, -0.2) is 28.5 Å². The minimum Gasteiger partial charge on any atom is -0.391 e. The monoisotopic (exact) mass is 368 g/mol. The van der Waals surface area contributed by atoms with Crippen LogP contribution < -0.4 is 0 Å². The number of halogens is 4. The van der Waals surface area contributed by atoms with Gasteiger partial charge in [-0.25, -0.2) is 9.37 Å². The molecule has 7 heteroatoms. The third kappa shape index (κ3) is 4.88. The van der Waals surface area contributed by atoms with Crippen LogP contribution in [0.4, 0.5) is 17.6 Å². The molecule has 0 fully saturated rings. The van der Waals surface area contributed by atoms with Gasteiger partial charge in [-0.05, 0) is 37.1 Å². The van der Waals surface area contributed by atoms with Crippen molar-refractivity contribution in [3.63, 3.8) is 0 Å². The number of aliphatic hydroxyl groups is 1. The van der Waals surface area contributed by atoms with Gasteiger partial charge in [-0.3, -0.25) is 4.99 Å². The molecule has 0 bridgehead atoms. The number of aromatic nitrogens is 1. The molecule has 1 unspecified atom stereocenters. The standard InChI is InChI=1S/C19H20F4N2O/c1-11(2)18(12(3)26)24-10-17-15(20)8-9-16(25-17)13-4-6-14(7-5-13)19(21,22)23/h4-12,18,26H,1-3H3/t12?,18-/m1/s1. The molecule has 1 aromatic heterocycles. The van der Waals surface area contributed by atoms with Crippen molar-refractivity contribution in [2.75, 3.05) is 0 Å². The minimum absolute atomic E-state index is 0.0336. The van der Waals surface area contributed by atoms with Gasteiger partial charge in [0.2, 0.25) is 0 Å². The quantitative estimate of drug-likeness (QED) is 0.613. The molecule has 0 aliphatic rings. The number of hydrogen-bond acceptors (Lipinski definition) is 3. The van der Waals surface area contributed by atoms with Gasteiger partial charge >= 0.3 is 6.18 Å². The van der Waals surface area contributed by atoms with Crippen molar-refractivity contribution in [1.29, 1.82) is 0 Å². The Balaban J connectivity index is 2.32. The maximum atomic E-state index is 14.0. The van der Waals surface area contributed by atoms with Crippen molar-refractivity contribution < 1.29 is 22.7 Å². The molecule has 0 saturated heterocycles. The molecule has 1 aromatic carbocycles. The summed E-state index contributed by atoms with van der Waals surface area (Å²) in [5.74, 6) is -0.551. The number of aliphatic hydroxyl groups excluding tert-OH is 1. The van der Waals surface area contributed by atoms with Crippen LogP contribution in [0.1, 0.15) is 32.0 Å². The number of benzene rings is 1. The molecule has 26 heavy (non-hydrogen) atoms. The van der Waals surface area contributed by atoms with Crippen LogP contribution in [0.15, 0.2) is 41.4 Å². The summed E-state index contributed by atoms with van der Waals surface area (Å²) < 4.78 is 51.9. The average Bonchev–Trinajstić information content (AvgIpc) is 2.55. The average molecular weight is 368 g/mol. The first-order valence-corrected chi connectivity index (χ1v) is 8.15. The second-order valence-corrected chi connectivity index (χ2v) is 6.39. The van der Waals surface area contributed by atoms with Crippen molar-refractivity contribution in [3.8, 4) is 11.3 Å². The highest BCUT2D eigenvalue weighted by atomic mass is 19.4. The van der Waals surface area contributed by atoms with Gasteiger partial charge in [0.15, 0.2) is 0 Å². The van der Waals surface area contributed by atoms with Gasteiger partial charge in [0, 0.05) is 5.56 Å². The molecule has 2 atom stereocenters. The first-order valence-electron chi connectivity index (χ1n) is 8.15. The molecule has 0 aliphatic carbocycles. The Morgan fingerprint density at radius 3 is 2.15 bits per heavy atom. The Morgan fingerprint density at radius 2 is 1.65 bits per heavy atom. The van der Waals surface area contributed by atoms with Gasteiger partial charge in [-0.2, -0.15) is 13.2 Å². The third-order valence-corrected chi connectivity index (χ3v) is 3.93. The van der Waals surface area contributed by atoms with Crippen molar-refractivity contribution >= 4 is 6.21 Å². The number of nitrogens with zero attached hydrogens (tertiary/aromatic N) is 2. The first kappa shape index (κ1) is 20.0. The summed E-state index contributed by atoms with van der Waals surface area (Å²) in [5, 5.41) is 9.73. The van der Waals surface area contributed by atoms with E-state index in [4.69, 9.17) is 0 Å². The van der Waals surface area contributed by atoms with Crippen LogP contribution in [0.3, 0.4) is 0 Å². The SMILES string of the molecule is CC(C)[C@@H](N=Cc1nc(-c2ccc(C(F)(F)F)cc2)ccc1F)C(C)O. The van der Waals surface area contributed by atoms with Gasteiger partial charge < -0.3 is 5.11 Å². The van der Waals surface area contributed by atoms with Crippen molar-refractivity contribution in [1.82, 2.24) is 4.98 Å². The third-order valence-electron chi connectivity index (χ3n) is 3.93. The van der Waals surface area contributed by atoms with Crippen LogP contribution in [0.25, 0.3) is 11.3 Å². The highest BCUT2D eigenvalue weighted by Crippen LogP contribution is 2.30. The summed E-state index contributed by atoms with van der Waals surface area (Å²) in [7, 11) is 0. The summed E-state index contributed by atoms with van der Waals surface area (Å²) in [6, 6.07) is 6.66. The van der Waals surface area contributed by atoms with Crippen LogP contribution in [-0.2, 0) is 6.18 Å². The number of alkyl halides is 3. The lowest BCUT2D eigenvalue weighted by Gasteiger charge is -2.19. The summed E-state index contributed by atoms with van der Waals surface area (Å²) in [6.07, 6.45) is -3.87. The molecule has 2 aromatic rings. The maximum Gasteiger partial charge on any atom is 0.416 e. The van der Waals surface area contributed by atoms with Gasteiger partial charge in [0.05, 0.1) is 29.6 Å². The van der Waals surface area contributed by atoms with Crippen molar-refractivity contribution in [2.45, 2.75) is 39.1 Å². The summed E-state index contributed by atoms with van der Waals surface area (Å²) in [4.78, 5) is 8.35. The lowest BCUT2D eigenvalue weighted by Crippen LogP contribution is -2.26. The molecule has 2 rings (SSSR count). The van der Waals surface area contributed by atoms with Crippen LogP contribution in [0, 0.1) is 11.7 Å². The molecule has 1 heterocycles. The van der Waals surface area contributed by atoms with Crippen LogP contribution >= 0.6 is 0 Å². The number of pyridine rings is 1. The van der Waals surface area contributed by atoms with E-state index < -0.39 is 29.7 Å². The molecule has 0 aliphatic heterocycles. The fraction of sp³-hybridized carbons (Fsp3) is 0.368. The van der Waals surface area contributed by atoms with E-state index in [0.717, 1.165) is 12.1 Å². The smallest absolute Gasteiger partial charge is 0.391 e. The summed E-state index contributed by atoms with van der Waals surface area (Å²) >= 11 is 0. The normalized spacial score (nSPS) is 14.8. The molecular weight excluding hydrogens is 348 g/mol. The van der Waals surface area contributed by atoms with E-state index in [-0.39, 0.29) is 11.6 Å². The highest BCUT2D eigenvalue weighted by Gasteiger charge is 2.30. The van der Waals surface area contributed by atoms with Gasteiger partial charge in [-0.15, -0.1) is 0 Å². The van der Waals surface area contributed by atoms with Gasteiger partial charge in [-0.1, -0.05) is 26.0 Å². The molecule has 0 radical (unpaired) electrons. The number of rotatable bonds is 5. The Bertz CT molecular complexity index is 760. The molecular formula is C19H20F4N2O. The summed E-state index contributed by atoms with van der Waals surface area (Å²) in [5.41, 5.74) is -0.0288. The lowest BCUT2D eigenvalue weighted by molar-refractivity contribution is -0.137. The minimum atomic E-state index is -4.42. The second-order valence-electron chi connectivity index (χ2n) is 6.39. The lowest BCUT2D eigenvalue weighted by atomic mass is 10.0. The topological polar surface area (TPSA) is 45.5 Å². The zero-order valence-corrected chi connectivity index (χ0v) is 14.6. The first-order chi connectivity index (χ1) is 12.1. The van der Waals surface area contributed by atoms with Crippen molar-refractivity contribution in [2.24, 2.45) is 10.9 Å². The Kier molecular flexibility index (Phi) is 6.13. The number of hydrogen-bond donors (Lipinski definition) is 1. The Hall–Kier alpha value is -2.28. The van der Waals surface area contributed by atoms with E-state index in [1.807, 2.05) is 13.8 Å². The molecule has 140 valence electrons. The second kappa shape index (κ2) is 7.95. The van der Waals surface area contributed by atoms with E-state index in [2.05, 4.69) is 9.98 Å². The van der Waals surface area contributed by atoms with E-state index in [1.165, 1.54) is 30.5 Å². The molecule has 1 N–H and O–H groups in total. The van der Waals surface area contributed by atoms with E-state index in [1.54, 1.807) is 6.92 Å². The van der Waals surface area contributed by atoms with Gasteiger partial charge in [0.25, 0.3) is 0 Å². The predicted molar refractivity (Wildman–Crippen MR) is 92.5 cm³/mol. The van der Waals surface area contributed by atoms with Crippen LogP contribution in [0.2, 0.25) is 0 Å². The fourth-order valence-electron chi connectivity index (χ4n) is 2.55. The zero-order chi connectivity index (χ0) is 19.5. The molecule has 0 spiro atoms. The molecule has 0 saturated carbocycles. The zero-order valence-electron chi connectivity index (χ0n) is 14.6. The largest absolute Gasteiger partial charge is 0.416 e.